The SMILES string of the molecule is O=c1cc2n(cc1OCc1ccccc1)CC(c1ccccc1)NC2. The molecule has 0 radical (unpaired) electrons. The quantitative estimate of drug-likeness (QED) is 0.797. The van der Waals surface area contributed by atoms with E-state index in [-0.39, 0.29) is 11.5 Å². The molecule has 0 fully saturated rings. The third-order valence-electron chi connectivity index (χ3n) is 4.53. The summed E-state index contributed by atoms with van der Waals surface area (Å²) < 4.78 is 7.90. The molecule has 1 N–H and O–H groups in total. The summed E-state index contributed by atoms with van der Waals surface area (Å²) in [4.78, 5) is 12.3. The number of ether oxygens (including phenoxy) is 1. The van der Waals surface area contributed by atoms with Crippen LogP contribution in [0.1, 0.15) is 22.9 Å². The monoisotopic (exact) mass is 332 g/mol. The fourth-order valence-corrected chi connectivity index (χ4v) is 3.16. The number of rotatable bonds is 4. The molecule has 25 heavy (non-hydrogen) atoms. The lowest BCUT2D eigenvalue weighted by atomic mass is 10.0. The van der Waals surface area contributed by atoms with Gasteiger partial charge in [-0.15, -0.1) is 0 Å². The zero-order valence-electron chi connectivity index (χ0n) is 13.9. The predicted molar refractivity (Wildman–Crippen MR) is 97.5 cm³/mol. The summed E-state index contributed by atoms with van der Waals surface area (Å²) >= 11 is 0. The Balaban J connectivity index is 1.55. The first kappa shape index (κ1) is 15.7. The molecular weight excluding hydrogens is 312 g/mol. The number of benzene rings is 2. The first-order valence-electron chi connectivity index (χ1n) is 8.48. The molecule has 126 valence electrons. The van der Waals surface area contributed by atoms with Gasteiger partial charge in [0.15, 0.2) is 5.75 Å². The minimum Gasteiger partial charge on any atom is -0.483 e. The van der Waals surface area contributed by atoms with Crippen molar-refractivity contribution in [2.75, 3.05) is 0 Å². The molecule has 0 bridgehead atoms. The highest BCUT2D eigenvalue weighted by atomic mass is 16.5. The van der Waals surface area contributed by atoms with Gasteiger partial charge in [0, 0.05) is 24.8 Å². The Bertz CT molecular complexity index is 904. The summed E-state index contributed by atoms with van der Waals surface area (Å²) in [5, 5.41) is 3.50. The lowest BCUT2D eigenvalue weighted by Gasteiger charge is -2.28. The standard InChI is InChI=1S/C21H20N2O2/c24-20-11-18-12-22-19(17-9-5-2-6-10-17)13-23(18)14-21(20)25-15-16-7-3-1-4-8-16/h1-11,14,19,22H,12-13,15H2. The van der Waals surface area contributed by atoms with E-state index in [1.54, 1.807) is 6.07 Å². The van der Waals surface area contributed by atoms with Crippen LogP contribution >= 0.6 is 0 Å². The van der Waals surface area contributed by atoms with Gasteiger partial charge in [-0.1, -0.05) is 60.7 Å². The minimum atomic E-state index is -0.0675. The number of aromatic nitrogens is 1. The Kier molecular flexibility index (Phi) is 4.36. The Labute approximate surface area is 146 Å². The average molecular weight is 332 g/mol. The van der Waals surface area contributed by atoms with E-state index in [1.807, 2.05) is 54.7 Å². The Morgan fingerprint density at radius 1 is 1.04 bits per heavy atom. The highest BCUT2D eigenvalue weighted by Gasteiger charge is 2.19. The third-order valence-corrected chi connectivity index (χ3v) is 4.53. The van der Waals surface area contributed by atoms with Crippen LogP contribution in [0.2, 0.25) is 0 Å². The van der Waals surface area contributed by atoms with Gasteiger partial charge in [0.2, 0.25) is 5.43 Å². The molecule has 0 saturated heterocycles. The molecule has 0 aliphatic carbocycles. The number of nitrogens with zero attached hydrogens (tertiary/aromatic N) is 1. The molecule has 0 saturated carbocycles. The summed E-state index contributed by atoms with van der Waals surface area (Å²) in [6, 6.07) is 22.2. The Morgan fingerprint density at radius 3 is 2.52 bits per heavy atom. The van der Waals surface area contributed by atoms with E-state index >= 15 is 0 Å². The number of fused-ring (bicyclic) bond motifs is 1. The van der Waals surface area contributed by atoms with Crippen molar-refractivity contribution in [1.29, 1.82) is 0 Å². The van der Waals surface area contributed by atoms with E-state index in [0.717, 1.165) is 17.8 Å². The van der Waals surface area contributed by atoms with Gasteiger partial charge in [0.25, 0.3) is 0 Å². The zero-order chi connectivity index (χ0) is 17.1. The van der Waals surface area contributed by atoms with Crippen LogP contribution in [0.15, 0.2) is 77.7 Å². The molecule has 4 heteroatoms. The summed E-state index contributed by atoms with van der Waals surface area (Å²) in [6.07, 6.45) is 1.84. The van der Waals surface area contributed by atoms with Crippen molar-refractivity contribution >= 4 is 0 Å². The fraction of sp³-hybridized carbons (Fsp3) is 0.190. The topological polar surface area (TPSA) is 43.3 Å². The van der Waals surface area contributed by atoms with Gasteiger partial charge in [0.1, 0.15) is 6.61 Å². The van der Waals surface area contributed by atoms with Gasteiger partial charge in [0.05, 0.1) is 12.2 Å². The molecule has 2 aromatic carbocycles. The molecule has 4 nitrogen and oxygen atoms in total. The second-order valence-electron chi connectivity index (χ2n) is 6.26. The summed E-state index contributed by atoms with van der Waals surface area (Å²) in [5.41, 5.74) is 3.22. The number of pyridine rings is 1. The van der Waals surface area contributed by atoms with Crippen LogP contribution in [0.25, 0.3) is 0 Å². The molecule has 1 aromatic heterocycles. The van der Waals surface area contributed by atoms with Gasteiger partial charge in [-0.2, -0.15) is 0 Å². The van der Waals surface area contributed by atoms with Crippen LogP contribution in [-0.4, -0.2) is 4.57 Å². The van der Waals surface area contributed by atoms with Crippen molar-refractivity contribution in [2.45, 2.75) is 25.7 Å². The summed E-state index contributed by atoms with van der Waals surface area (Å²) in [7, 11) is 0. The molecule has 3 aromatic rings. The van der Waals surface area contributed by atoms with Gasteiger partial charge in [-0.25, -0.2) is 0 Å². The van der Waals surface area contributed by atoms with E-state index in [9.17, 15) is 4.79 Å². The lowest BCUT2D eigenvalue weighted by molar-refractivity contribution is 0.296. The summed E-state index contributed by atoms with van der Waals surface area (Å²) in [5.74, 6) is 0.404. The van der Waals surface area contributed by atoms with Gasteiger partial charge >= 0.3 is 0 Å². The lowest BCUT2D eigenvalue weighted by Crippen LogP contribution is -2.34. The van der Waals surface area contributed by atoms with E-state index in [1.165, 1.54) is 5.56 Å². The van der Waals surface area contributed by atoms with Crippen LogP contribution in [0.4, 0.5) is 0 Å². The van der Waals surface area contributed by atoms with Crippen LogP contribution in [0.3, 0.4) is 0 Å². The fourth-order valence-electron chi connectivity index (χ4n) is 3.16. The van der Waals surface area contributed by atoms with Crippen LogP contribution in [0, 0.1) is 0 Å². The molecule has 1 unspecified atom stereocenters. The first-order chi connectivity index (χ1) is 12.3. The molecule has 1 aliphatic heterocycles. The molecule has 0 amide bonds. The second kappa shape index (κ2) is 6.95. The van der Waals surface area contributed by atoms with Gasteiger partial charge in [-0.3, -0.25) is 4.79 Å². The summed E-state index contributed by atoms with van der Waals surface area (Å²) in [6.45, 7) is 1.85. The second-order valence-corrected chi connectivity index (χ2v) is 6.26. The zero-order valence-corrected chi connectivity index (χ0v) is 13.9. The van der Waals surface area contributed by atoms with Crippen molar-refractivity contribution in [3.63, 3.8) is 0 Å². The molecule has 2 heterocycles. The predicted octanol–water partition coefficient (Wildman–Crippen LogP) is 3.27. The molecule has 0 spiro atoms. The molecule has 4 rings (SSSR count). The van der Waals surface area contributed by atoms with Crippen molar-refractivity contribution in [1.82, 2.24) is 9.88 Å². The van der Waals surface area contributed by atoms with E-state index in [2.05, 4.69) is 22.0 Å². The Morgan fingerprint density at radius 2 is 1.76 bits per heavy atom. The van der Waals surface area contributed by atoms with Crippen molar-refractivity contribution in [3.05, 3.63) is 100.0 Å². The third kappa shape index (κ3) is 3.49. The first-order valence-corrected chi connectivity index (χ1v) is 8.48. The average Bonchev–Trinajstić information content (AvgIpc) is 2.67. The molecular formula is C21H20N2O2. The van der Waals surface area contributed by atoms with E-state index in [4.69, 9.17) is 4.74 Å². The maximum absolute atomic E-state index is 12.3. The molecule has 1 atom stereocenters. The Hall–Kier alpha value is -2.85. The van der Waals surface area contributed by atoms with Crippen LogP contribution in [-0.2, 0) is 19.7 Å². The number of hydrogen-bond acceptors (Lipinski definition) is 3. The maximum Gasteiger partial charge on any atom is 0.223 e. The highest BCUT2D eigenvalue weighted by molar-refractivity contribution is 5.26. The van der Waals surface area contributed by atoms with Crippen molar-refractivity contribution in [2.24, 2.45) is 0 Å². The minimum absolute atomic E-state index is 0.0675. The van der Waals surface area contributed by atoms with Crippen molar-refractivity contribution in [3.8, 4) is 5.75 Å². The van der Waals surface area contributed by atoms with Crippen molar-refractivity contribution < 1.29 is 4.74 Å². The maximum atomic E-state index is 12.3. The molecule has 1 aliphatic rings. The normalized spacial score (nSPS) is 16.2. The number of nitrogens with one attached hydrogen (secondary N) is 1. The van der Waals surface area contributed by atoms with Crippen LogP contribution < -0.4 is 15.5 Å². The van der Waals surface area contributed by atoms with Gasteiger partial charge < -0.3 is 14.6 Å². The van der Waals surface area contributed by atoms with E-state index < -0.39 is 0 Å². The van der Waals surface area contributed by atoms with E-state index in [0.29, 0.717) is 18.9 Å². The smallest absolute Gasteiger partial charge is 0.223 e. The van der Waals surface area contributed by atoms with Gasteiger partial charge in [-0.05, 0) is 11.1 Å². The largest absolute Gasteiger partial charge is 0.483 e. The van der Waals surface area contributed by atoms with Crippen LogP contribution in [0.5, 0.6) is 5.75 Å². The highest BCUT2D eigenvalue weighted by Crippen LogP contribution is 2.22. The number of hydrogen-bond donors (Lipinski definition) is 1.